The summed E-state index contributed by atoms with van der Waals surface area (Å²) in [6, 6.07) is 6.31. The van der Waals surface area contributed by atoms with Gasteiger partial charge in [-0.05, 0) is 38.0 Å². The van der Waals surface area contributed by atoms with E-state index in [1.165, 1.54) is 12.8 Å². The molecule has 0 atom stereocenters. The Morgan fingerprint density at radius 2 is 2.17 bits per heavy atom. The first-order chi connectivity index (χ1) is 8.70. The van der Waals surface area contributed by atoms with Gasteiger partial charge in [0.2, 0.25) is 0 Å². The maximum atomic E-state index is 4.41. The Morgan fingerprint density at radius 3 is 2.94 bits per heavy atom. The molecule has 4 rings (SSSR count). The largest absolute Gasteiger partial charge is 0.382 e. The first kappa shape index (κ1) is 10.6. The number of nitrogens with one attached hydrogen (secondary N) is 1. The van der Waals surface area contributed by atoms with E-state index in [-0.39, 0.29) is 5.41 Å². The molecule has 92 valence electrons. The van der Waals surface area contributed by atoms with Gasteiger partial charge in [-0.25, -0.2) is 0 Å². The van der Waals surface area contributed by atoms with E-state index in [0.717, 1.165) is 34.0 Å². The van der Waals surface area contributed by atoms with Gasteiger partial charge in [0.25, 0.3) is 0 Å². The summed E-state index contributed by atoms with van der Waals surface area (Å²) in [6.45, 7) is 2.97. The molecule has 0 unspecified atom stereocenters. The smallest absolute Gasteiger partial charge is 0.145 e. The number of halogens is 1. The highest BCUT2D eigenvalue weighted by Gasteiger charge is 2.50. The lowest BCUT2D eigenvalue weighted by Crippen LogP contribution is -2.20. The Hall–Kier alpha value is -1.36. The highest BCUT2D eigenvalue weighted by Crippen LogP contribution is 2.50. The second-order valence-corrected chi connectivity index (χ2v) is 6.12. The predicted molar refractivity (Wildman–Crippen MR) is 73.2 cm³/mol. The minimum atomic E-state index is 0.201. The maximum absolute atomic E-state index is 4.41. The van der Waals surface area contributed by atoms with E-state index in [9.17, 15) is 0 Å². The summed E-state index contributed by atoms with van der Waals surface area (Å²) in [7, 11) is 0. The van der Waals surface area contributed by atoms with Crippen molar-refractivity contribution in [3.63, 3.8) is 0 Å². The van der Waals surface area contributed by atoms with Crippen LogP contribution in [0.5, 0.6) is 0 Å². The molecular formula is C13H13BrN4. The normalized spacial score (nSPS) is 18.8. The Bertz CT molecular complexity index is 642. The second-order valence-electron chi connectivity index (χ2n) is 5.20. The predicted octanol–water partition coefficient (Wildman–Crippen LogP) is 2.80. The lowest BCUT2D eigenvalue weighted by Gasteiger charge is -2.11. The summed E-state index contributed by atoms with van der Waals surface area (Å²) in [6.07, 6.45) is 2.40. The molecule has 1 saturated carbocycles. The Kier molecular flexibility index (Phi) is 1.96. The van der Waals surface area contributed by atoms with Crippen molar-refractivity contribution in [1.29, 1.82) is 0 Å². The third-order valence-electron chi connectivity index (χ3n) is 3.97. The van der Waals surface area contributed by atoms with Crippen molar-refractivity contribution >= 4 is 21.6 Å². The molecule has 1 aliphatic carbocycles. The van der Waals surface area contributed by atoms with Gasteiger partial charge in [0.1, 0.15) is 11.6 Å². The van der Waals surface area contributed by atoms with Gasteiger partial charge in [-0.3, -0.25) is 4.57 Å². The third-order valence-corrected chi connectivity index (χ3v) is 4.46. The number of aromatic nitrogens is 3. The number of benzene rings is 1. The van der Waals surface area contributed by atoms with E-state index >= 15 is 0 Å². The molecule has 1 fully saturated rings. The van der Waals surface area contributed by atoms with Crippen LogP contribution in [0.2, 0.25) is 0 Å². The van der Waals surface area contributed by atoms with Gasteiger partial charge >= 0.3 is 0 Å². The van der Waals surface area contributed by atoms with E-state index in [4.69, 9.17) is 0 Å². The molecule has 0 saturated heterocycles. The lowest BCUT2D eigenvalue weighted by molar-refractivity contribution is 0.661. The van der Waals surface area contributed by atoms with Crippen molar-refractivity contribution in [2.45, 2.75) is 25.2 Å². The molecule has 2 heterocycles. The van der Waals surface area contributed by atoms with Gasteiger partial charge in [-0.2, -0.15) is 0 Å². The van der Waals surface area contributed by atoms with Crippen molar-refractivity contribution in [1.82, 2.24) is 14.8 Å². The lowest BCUT2D eigenvalue weighted by atomic mass is 10.1. The zero-order valence-corrected chi connectivity index (χ0v) is 11.7. The quantitative estimate of drug-likeness (QED) is 0.814. The van der Waals surface area contributed by atoms with Crippen molar-refractivity contribution in [3.05, 3.63) is 34.3 Å². The SMILES string of the molecule is Cc1nnc2n1-c1ccc(Br)cc1NCC21CC1. The van der Waals surface area contributed by atoms with Crippen LogP contribution in [0.4, 0.5) is 5.69 Å². The second kappa shape index (κ2) is 3.35. The topological polar surface area (TPSA) is 42.7 Å². The number of hydrogen-bond donors (Lipinski definition) is 1. The average molecular weight is 305 g/mol. The summed E-state index contributed by atoms with van der Waals surface area (Å²) in [5.74, 6) is 2.08. The van der Waals surface area contributed by atoms with Gasteiger partial charge in [0, 0.05) is 16.4 Å². The molecule has 18 heavy (non-hydrogen) atoms. The monoisotopic (exact) mass is 304 g/mol. The fourth-order valence-corrected chi connectivity index (χ4v) is 3.09. The molecule has 1 aromatic carbocycles. The Balaban J connectivity index is 2.02. The minimum absolute atomic E-state index is 0.201. The van der Waals surface area contributed by atoms with Gasteiger partial charge in [0.15, 0.2) is 0 Å². The molecule has 0 radical (unpaired) electrons. The number of nitrogens with zero attached hydrogens (tertiary/aromatic N) is 3. The number of rotatable bonds is 0. The molecule has 2 aromatic rings. The number of fused-ring (bicyclic) bond motifs is 4. The molecule has 0 bridgehead atoms. The van der Waals surface area contributed by atoms with Crippen LogP contribution in [-0.4, -0.2) is 21.3 Å². The van der Waals surface area contributed by atoms with E-state index in [1.807, 2.05) is 6.92 Å². The van der Waals surface area contributed by atoms with Crippen LogP contribution in [0, 0.1) is 6.92 Å². The number of aryl methyl sites for hydroxylation is 1. The maximum Gasteiger partial charge on any atom is 0.145 e. The van der Waals surface area contributed by atoms with E-state index in [0.29, 0.717) is 0 Å². The van der Waals surface area contributed by atoms with Gasteiger partial charge < -0.3 is 5.32 Å². The van der Waals surface area contributed by atoms with Crippen molar-refractivity contribution in [3.8, 4) is 5.69 Å². The molecule has 1 aliphatic heterocycles. The summed E-state index contributed by atoms with van der Waals surface area (Å²) in [5.41, 5.74) is 2.50. The van der Waals surface area contributed by atoms with Crippen molar-refractivity contribution < 1.29 is 0 Å². The highest BCUT2D eigenvalue weighted by atomic mass is 79.9. The summed E-state index contributed by atoms with van der Waals surface area (Å²) < 4.78 is 3.29. The van der Waals surface area contributed by atoms with Crippen LogP contribution in [0.1, 0.15) is 24.5 Å². The van der Waals surface area contributed by atoms with Crippen LogP contribution in [0.25, 0.3) is 5.69 Å². The van der Waals surface area contributed by atoms with Crippen molar-refractivity contribution in [2.75, 3.05) is 11.9 Å². The zero-order chi connectivity index (χ0) is 12.3. The first-order valence-corrected chi connectivity index (χ1v) is 6.95. The fraction of sp³-hybridized carbons (Fsp3) is 0.385. The van der Waals surface area contributed by atoms with Gasteiger partial charge in [-0.15, -0.1) is 10.2 Å². The third kappa shape index (κ3) is 1.31. The molecule has 2 aliphatic rings. The van der Waals surface area contributed by atoms with E-state index < -0.39 is 0 Å². The Labute approximate surface area is 114 Å². The van der Waals surface area contributed by atoms with Crippen LogP contribution in [0.15, 0.2) is 22.7 Å². The zero-order valence-electron chi connectivity index (χ0n) is 10.1. The highest BCUT2D eigenvalue weighted by molar-refractivity contribution is 9.10. The van der Waals surface area contributed by atoms with Crippen molar-refractivity contribution in [2.24, 2.45) is 0 Å². The molecule has 1 N–H and O–H groups in total. The van der Waals surface area contributed by atoms with Crippen LogP contribution >= 0.6 is 15.9 Å². The Morgan fingerprint density at radius 1 is 1.33 bits per heavy atom. The number of hydrogen-bond acceptors (Lipinski definition) is 3. The molecule has 5 heteroatoms. The van der Waals surface area contributed by atoms with E-state index in [2.05, 4.69) is 54.2 Å². The molecule has 0 amide bonds. The summed E-state index contributed by atoms with van der Waals surface area (Å²) in [4.78, 5) is 0. The van der Waals surface area contributed by atoms with Crippen LogP contribution in [0.3, 0.4) is 0 Å². The standard InChI is InChI=1S/C13H13BrN4/c1-8-16-17-12-13(4-5-13)7-15-10-6-9(14)2-3-11(10)18(8)12/h2-3,6,15H,4-5,7H2,1H3. The molecule has 4 nitrogen and oxygen atoms in total. The number of anilines is 1. The van der Waals surface area contributed by atoms with Crippen LogP contribution in [-0.2, 0) is 5.41 Å². The first-order valence-electron chi connectivity index (χ1n) is 6.16. The molecule has 1 aromatic heterocycles. The molecule has 1 spiro atoms. The summed E-state index contributed by atoms with van der Waals surface area (Å²) >= 11 is 3.53. The minimum Gasteiger partial charge on any atom is -0.382 e. The average Bonchev–Trinajstić information content (AvgIpc) is 3.07. The molecular weight excluding hydrogens is 292 g/mol. The fourth-order valence-electron chi connectivity index (χ4n) is 2.73. The van der Waals surface area contributed by atoms with Gasteiger partial charge in [0.05, 0.1) is 11.4 Å². The summed E-state index contributed by atoms with van der Waals surface area (Å²) in [5, 5.41) is 12.2. The van der Waals surface area contributed by atoms with E-state index in [1.54, 1.807) is 0 Å². The van der Waals surface area contributed by atoms with Gasteiger partial charge in [-0.1, -0.05) is 15.9 Å². The van der Waals surface area contributed by atoms with Crippen LogP contribution < -0.4 is 5.32 Å².